The highest BCUT2D eigenvalue weighted by Gasteiger charge is 2.32. The molecule has 3 aromatic carbocycles. The molecule has 0 bridgehead atoms. The molecule has 0 saturated heterocycles. The first-order valence-electron chi connectivity index (χ1n) is 10.9. The van der Waals surface area contributed by atoms with Gasteiger partial charge in [0.25, 0.3) is 10.0 Å². The first-order valence-corrected chi connectivity index (χ1v) is 12.7. The van der Waals surface area contributed by atoms with E-state index < -0.39 is 34.2 Å². The Balaban J connectivity index is 1.71. The molecule has 0 unspecified atom stereocenters. The number of ether oxygens (including phenoxy) is 2. The van der Waals surface area contributed by atoms with Crippen molar-refractivity contribution >= 4 is 43.9 Å². The fourth-order valence-corrected chi connectivity index (χ4v) is 5.35. The highest BCUT2D eigenvalue weighted by atomic mass is 35.5. The third-order valence-corrected chi connectivity index (χ3v) is 7.29. The summed E-state index contributed by atoms with van der Waals surface area (Å²) in [6, 6.07) is 11.8. The van der Waals surface area contributed by atoms with Crippen LogP contribution in [0, 0.1) is 0 Å². The summed E-state index contributed by atoms with van der Waals surface area (Å²) in [5, 5.41) is 6.34. The monoisotopic (exact) mass is 593 g/mol. The van der Waals surface area contributed by atoms with Gasteiger partial charge < -0.3 is 20.1 Å². The minimum absolute atomic E-state index is 0.0862. The number of hydrogen-bond acceptors (Lipinski definition) is 6. The minimum atomic E-state index is -4.93. The van der Waals surface area contributed by atoms with Crippen molar-refractivity contribution in [3.63, 3.8) is 0 Å². The van der Waals surface area contributed by atoms with Crippen molar-refractivity contribution < 1.29 is 44.2 Å². The first kappa shape index (κ1) is 28.4. The Bertz CT molecular complexity index is 1600. The standard InChI is InChI=1S/C24H18ClF6N3O4S/c1-32-12-14-13-34(39(35,36)18-6-3-16(4-7-18)37-23(26,27)28)22-10-15(2-8-19(14)22)33-21-9-5-17(11-20(21)25)38-24(29,30)31/h2-11,13,32-33H,12H2,1H3. The molecule has 0 aliphatic rings. The lowest BCUT2D eigenvalue weighted by Crippen LogP contribution is -2.17. The van der Waals surface area contributed by atoms with Crippen LogP contribution in [-0.2, 0) is 16.6 Å². The molecule has 0 atom stereocenters. The SMILES string of the molecule is CNCc1cn(S(=O)(=O)c2ccc(OC(F)(F)F)cc2)c2cc(Nc3ccc(OC(F)(F)F)cc3Cl)ccc12. The van der Waals surface area contributed by atoms with E-state index in [1.807, 2.05) is 0 Å². The van der Waals surface area contributed by atoms with Crippen molar-refractivity contribution in [2.24, 2.45) is 0 Å². The van der Waals surface area contributed by atoms with Crippen LogP contribution < -0.4 is 20.1 Å². The zero-order valence-electron chi connectivity index (χ0n) is 19.7. The lowest BCUT2D eigenvalue weighted by atomic mass is 10.1. The fourth-order valence-electron chi connectivity index (χ4n) is 3.75. The maximum Gasteiger partial charge on any atom is 0.573 e. The summed E-state index contributed by atoms with van der Waals surface area (Å²) in [7, 11) is -2.60. The van der Waals surface area contributed by atoms with Crippen LogP contribution in [0.1, 0.15) is 5.56 Å². The fraction of sp³-hybridized carbons (Fsp3) is 0.167. The maximum atomic E-state index is 13.5. The van der Waals surface area contributed by atoms with E-state index in [-0.39, 0.29) is 21.1 Å². The molecule has 7 nitrogen and oxygen atoms in total. The number of alkyl halides is 6. The summed E-state index contributed by atoms with van der Waals surface area (Å²) in [6.07, 6.45) is -8.44. The number of nitrogens with zero attached hydrogens (tertiary/aromatic N) is 1. The van der Waals surface area contributed by atoms with Crippen molar-refractivity contribution in [2.75, 3.05) is 12.4 Å². The normalized spacial score (nSPS) is 12.5. The van der Waals surface area contributed by atoms with E-state index in [2.05, 4.69) is 20.1 Å². The third kappa shape index (κ3) is 6.69. The summed E-state index contributed by atoms with van der Waals surface area (Å²) in [5.41, 5.74) is 1.43. The van der Waals surface area contributed by atoms with Crippen molar-refractivity contribution in [3.05, 3.63) is 77.4 Å². The van der Waals surface area contributed by atoms with E-state index in [1.54, 1.807) is 19.2 Å². The van der Waals surface area contributed by atoms with Crippen LogP contribution in [0.25, 0.3) is 10.9 Å². The molecule has 0 radical (unpaired) electrons. The van der Waals surface area contributed by atoms with E-state index in [0.29, 0.717) is 23.2 Å². The van der Waals surface area contributed by atoms with Crippen molar-refractivity contribution in [1.82, 2.24) is 9.29 Å². The maximum absolute atomic E-state index is 13.5. The lowest BCUT2D eigenvalue weighted by Gasteiger charge is -2.13. The predicted molar refractivity (Wildman–Crippen MR) is 132 cm³/mol. The van der Waals surface area contributed by atoms with Gasteiger partial charge in [0.1, 0.15) is 11.5 Å². The van der Waals surface area contributed by atoms with E-state index in [1.165, 1.54) is 18.3 Å². The molecule has 2 N–H and O–H groups in total. The van der Waals surface area contributed by atoms with E-state index >= 15 is 0 Å². The van der Waals surface area contributed by atoms with Crippen LogP contribution in [0.4, 0.5) is 37.7 Å². The molecule has 0 saturated carbocycles. The van der Waals surface area contributed by atoms with Crippen LogP contribution in [0.15, 0.2) is 71.8 Å². The summed E-state index contributed by atoms with van der Waals surface area (Å²) < 4.78 is 110. The second-order valence-electron chi connectivity index (χ2n) is 8.05. The molecule has 0 fully saturated rings. The first-order chi connectivity index (χ1) is 18.2. The number of rotatable bonds is 8. The molecule has 1 aromatic heterocycles. The lowest BCUT2D eigenvalue weighted by molar-refractivity contribution is -0.275. The molecular weight excluding hydrogens is 576 g/mol. The van der Waals surface area contributed by atoms with E-state index in [0.717, 1.165) is 40.4 Å². The molecular formula is C24H18ClF6N3O4S. The number of aromatic nitrogens is 1. The average Bonchev–Trinajstić information content (AvgIpc) is 3.18. The van der Waals surface area contributed by atoms with Crippen molar-refractivity contribution in [2.45, 2.75) is 24.2 Å². The highest BCUT2D eigenvalue weighted by molar-refractivity contribution is 7.90. The molecule has 4 aromatic rings. The van der Waals surface area contributed by atoms with Gasteiger partial charge in [0.15, 0.2) is 0 Å². The van der Waals surface area contributed by atoms with Gasteiger partial charge in [-0.05, 0) is 61.1 Å². The molecule has 39 heavy (non-hydrogen) atoms. The van der Waals surface area contributed by atoms with Crippen LogP contribution in [-0.4, -0.2) is 32.2 Å². The van der Waals surface area contributed by atoms with E-state index in [9.17, 15) is 34.8 Å². The van der Waals surface area contributed by atoms with Crippen LogP contribution >= 0.6 is 11.6 Å². The van der Waals surface area contributed by atoms with Gasteiger partial charge in [0.2, 0.25) is 0 Å². The Labute approximate surface area is 222 Å². The Hall–Kier alpha value is -3.62. The van der Waals surface area contributed by atoms with Crippen molar-refractivity contribution in [1.29, 1.82) is 0 Å². The molecule has 0 aliphatic heterocycles. The van der Waals surface area contributed by atoms with Gasteiger partial charge in [-0.3, -0.25) is 0 Å². The minimum Gasteiger partial charge on any atom is -0.406 e. The van der Waals surface area contributed by atoms with Crippen LogP contribution in [0.5, 0.6) is 11.5 Å². The zero-order chi connectivity index (χ0) is 28.6. The predicted octanol–water partition coefficient (Wildman–Crippen LogP) is 6.79. The Morgan fingerprint density at radius 2 is 1.49 bits per heavy atom. The number of anilines is 2. The van der Waals surface area contributed by atoms with Gasteiger partial charge >= 0.3 is 12.7 Å². The van der Waals surface area contributed by atoms with Crippen molar-refractivity contribution in [3.8, 4) is 11.5 Å². The number of halogens is 7. The molecule has 0 aliphatic carbocycles. The van der Waals surface area contributed by atoms with Gasteiger partial charge in [-0.1, -0.05) is 17.7 Å². The summed E-state index contributed by atoms with van der Waals surface area (Å²) >= 11 is 6.11. The quantitative estimate of drug-likeness (QED) is 0.219. The molecule has 1 heterocycles. The summed E-state index contributed by atoms with van der Waals surface area (Å²) in [5.74, 6) is -1.10. The molecule has 0 amide bonds. The summed E-state index contributed by atoms with van der Waals surface area (Å²) in [6.45, 7) is 0.302. The number of fused-ring (bicyclic) bond motifs is 1. The zero-order valence-corrected chi connectivity index (χ0v) is 21.3. The van der Waals surface area contributed by atoms with E-state index in [4.69, 9.17) is 11.6 Å². The highest BCUT2D eigenvalue weighted by Crippen LogP contribution is 2.34. The van der Waals surface area contributed by atoms with Gasteiger partial charge in [0, 0.05) is 29.9 Å². The second kappa shape index (κ2) is 10.5. The molecule has 0 spiro atoms. The average molecular weight is 594 g/mol. The number of benzene rings is 3. The number of hydrogen-bond donors (Lipinski definition) is 2. The Morgan fingerprint density at radius 1 is 0.872 bits per heavy atom. The Kier molecular flexibility index (Phi) is 7.65. The summed E-state index contributed by atoms with van der Waals surface area (Å²) in [4.78, 5) is -0.286. The second-order valence-corrected chi connectivity index (χ2v) is 10.3. The van der Waals surface area contributed by atoms with Gasteiger partial charge in [0.05, 0.1) is 21.1 Å². The molecule has 15 heteroatoms. The largest absolute Gasteiger partial charge is 0.573 e. The smallest absolute Gasteiger partial charge is 0.406 e. The van der Waals surface area contributed by atoms with Gasteiger partial charge in [-0.2, -0.15) is 0 Å². The van der Waals surface area contributed by atoms with Gasteiger partial charge in [-0.15, -0.1) is 26.3 Å². The topological polar surface area (TPSA) is 81.6 Å². The molecule has 4 rings (SSSR count). The van der Waals surface area contributed by atoms with Crippen LogP contribution in [0.2, 0.25) is 5.02 Å². The third-order valence-electron chi connectivity index (χ3n) is 5.29. The number of nitrogens with one attached hydrogen (secondary N) is 2. The van der Waals surface area contributed by atoms with Gasteiger partial charge in [-0.25, -0.2) is 12.4 Å². The molecule has 208 valence electrons. The van der Waals surface area contributed by atoms with Crippen LogP contribution in [0.3, 0.4) is 0 Å². The Morgan fingerprint density at radius 3 is 2.08 bits per heavy atom.